The Morgan fingerprint density at radius 2 is 1.78 bits per heavy atom. The van der Waals surface area contributed by atoms with E-state index in [1.54, 1.807) is 0 Å². The fraction of sp³-hybridized carbons (Fsp3) is 0.818. The summed E-state index contributed by atoms with van der Waals surface area (Å²) in [6, 6.07) is -1.32. The van der Waals surface area contributed by atoms with Crippen molar-refractivity contribution in [1.82, 2.24) is 4.90 Å². The Bertz CT molecular complexity index is 365. The summed E-state index contributed by atoms with van der Waals surface area (Å²) < 4.78 is 37.1. The molecule has 1 aliphatic carbocycles. The smallest absolute Gasteiger partial charge is 0.471 e. The van der Waals surface area contributed by atoms with Gasteiger partial charge in [0.25, 0.3) is 0 Å². The summed E-state index contributed by atoms with van der Waals surface area (Å²) >= 11 is 0. The molecule has 0 aromatic heterocycles. The van der Waals surface area contributed by atoms with Crippen molar-refractivity contribution >= 4 is 11.9 Å². The second-order valence-electron chi connectivity index (χ2n) is 4.92. The maximum absolute atomic E-state index is 12.4. The zero-order valence-corrected chi connectivity index (χ0v) is 9.61. The number of carboxylic acid groups (broad SMARTS) is 1. The van der Waals surface area contributed by atoms with Crippen LogP contribution in [0.25, 0.3) is 0 Å². The van der Waals surface area contributed by atoms with E-state index in [2.05, 4.69) is 0 Å². The predicted octanol–water partition coefficient (Wildman–Crippen LogP) is 1.65. The summed E-state index contributed by atoms with van der Waals surface area (Å²) in [5.74, 6) is -3.54. The molecule has 1 saturated carbocycles. The molecule has 4 nitrogen and oxygen atoms in total. The van der Waals surface area contributed by atoms with Crippen LogP contribution in [0.1, 0.15) is 25.7 Å². The lowest BCUT2D eigenvalue weighted by Crippen LogP contribution is -2.50. The van der Waals surface area contributed by atoms with Gasteiger partial charge >= 0.3 is 18.1 Å². The number of carboxylic acids is 1. The quantitative estimate of drug-likeness (QED) is 0.826. The summed E-state index contributed by atoms with van der Waals surface area (Å²) in [4.78, 5) is 22.8. The van der Waals surface area contributed by atoms with Crippen LogP contribution in [0.4, 0.5) is 13.2 Å². The Hall–Kier alpha value is -1.27. The molecule has 1 amide bonds. The van der Waals surface area contributed by atoms with E-state index in [4.69, 9.17) is 5.11 Å². The zero-order valence-electron chi connectivity index (χ0n) is 9.61. The molecule has 1 N–H and O–H groups in total. The van der Waals surface area contributed by atoms with Crippen molar-refractivity contribution in [1.29, 1.82) is 0 Å². The molecule has 1 saturated heterocycles. The first-order valence-corrected chi connectivity index (χ1v) is 5.93. The van der Waals surface area contributed by atoms with Gasteiger partial charge in [-0.1, -0.05) is 19.3 Å². The number of nitrogens with zero attached hydrogens (tertiary/aromatic N) is 1. The molecule has 2 aliphatic rings. The van der Waals surface area contributed by atoms with Gasteiger partial charge in [-0.25, -0.2) is 4.79 Å². The number of carbonyl (C=O) groups is 2. The van der Waals surface area contributed by atoms with Gasteiger partial charge in [0.05, 0.1) is 0 Å². The van der Waals surface area contributed by atoms with Crippen molar-refractivity contribution < 1.29 is 27.9 Å². The molecule has 2 atom stereocenters. The van der Waals surface area contributed by atoms with Crippen LogP contribution in [-0.4, -0.2) is 40.6 Å². The van der Waals surface area contributed by atoms with Gasteiger partial charge < -0.3 is 10.0 Å². The van der Waals surface area contributed by atoms with Crippen molar-refractivity contribution in [2.75, 3.05) is 6.54 Å². The molecule has 0 spiro atoms. The van der Waals surface area contributed by atoms with E-state index in [1.807, 2.05) is 0 Å². The molecule has 1 aliphatic heterocycles. The van der Waals surface area contributed by atoms with Crippen molar-refractivity contribution in [2.45, 2.75) is 37.9 Å². The third-order valence-corrected chi connectivity index (χ3v) is 3.96. The first-order chi connectivity index (χ1) is 8.32. The minimum atomic E-state index is -5.00. The van der Waals surface area contributed by atoms with Crippen LogP contribution in [0.3, 0.4) is 0 Å². The Labute approximate surface area is 102 Å². The fourth-order valence-electron chi connectivity index (χ4n) is 2.88. The minimum Gasteiger partial charge on any atom is -0.480 e. The average molecular weight is 265 g/mol. The van der Waals surface area contributed by atoms with Crippen LogP contribution in [0.15, 0.2) is 0 Å². The molecular weight excluding hydrogens is 251 g/mol. The zero-order chi connectivity index (χ0) is 13.5. The SMILES string of the molecule is O=C(O)[C@@H]1[C@H](C2CCC2)CCN1C(=O)C(F)(F)F. The molecule has 0 aromatic carbocycles. The minimum absolute atomic E-state index is 0.115. The molecule has 7 heteroatoms. The molecule has 0 radical (unpaired) electrons. The lowest BCUT2D eigenvalue weighted by Gasteiger charge is -2.35. The monoisotopic (exact) mass is 265 g/mol. The molecule has 18 heavy (non-hydrogen) atoms. The van der Waals surface area contributed by atoms with Crippen molar-refractivity contribution in [3.05, 3.63) is 0 Å². The number of aliphatic carboxylic acids is 1. The lowest BCUT2D eigenvalue weighted by atomic mass is 9.73. The second-order valence-corrected chi connectivity index (χ2v) is 4.92. The summed E-state index contributed by atoms with van der Waals surface area (Å²) in [6.07, 6.45) is -1.96. The topological polar surface area (TPSA) is 57.6 Å². The van der Waals surface area contributed by atoms with Gasteiger partial charge in [-0.15, -0.1) is 0 Å². The van der Waals surface area contributed by atoms with Gasteiger partial charge in [0.1, 0.15) is 6.04 Å². The van der Waals surface area contributed by atoms with Gasteiger partial charge in [0.2, 0.25) is 0 Å². The van der Waals surface area contributed by atoms with E-state index in [0.29, 0.717) is 11.3 Å². The Morgan fingerprint density at radius 1 is 1.17 bits per heavy atom. The molecule has 0 bridgehead atoms. The van der Waals surface area contributed by atoms with E-state index in [1.165, 1.54) is 0 Å². The highest BCUT2D eigenvalue weighted by atomic mass is 19.4. The number of hydrogen-bond donors (Lipinski definition) is 1. The molecule has 1 heterocycles. The van der Waals surface area contributed by atoms with Crippen LogP contribution in [0.5, 0.6) is 0 Å². The number of hydrogen-bond acceptors (Lipinski definition) is 2. The molecule has 102 valence electrons. The number of likely N-dealkylation sites (tertiary alicyclic amines) is 1. The Kier molecular flexibility index (Phi) is 3.25. The summed E-state index contributed by atoms with van der Waals surface area (Å²) in [5.41, 5.74) is 0. The van der Waals surface area contributed by atoms with Gasteiger partial charge in [0.15, 0.2) is 0 Å². The second kappa shape index (κ2) is 4.44. The first-order valence-electron chi connectivity index (χ1n) is 5.93. The van der Waals surface area contributed by atoms with E-state index in [0.717, 1.165) is 19.3 Å². The third kappa shape index (κ3) is 2.18. The molecular formula is C11H14F3NO3. The van der Waals surface area contributed by atoms with Gasteiger partial charge in [-0.05, 0) is 18.3 Å². The van der Waals surface area contributed by atoms with E-state index >= 15 is 0 Å². The number of amides is 1. The first kappa shape index (κ1) is 13.2. The highest BCUT2D eigenvalue weighted by molar-refractivity contribution is 5.87. The molecule has 2 rings (SSSR count). The highest BCUT2D eigenvalue weighted by Gasteiger charge is 2.52. The van der Waals surface area contributed by atoms with Crippen molar-refractivity contribution in [3.63, 3.8) is 0 Å². The highest BCUT2D eigenvalue weighted by Crippen LogP contribution is 2.42. The van der Waals surface area contributed by atoms with Crippen LogP contribution >= 0.6 is 0 Å². The summed E-state index contributed by atoms with van der Waals surface area (Å²) in [6.45, 7) is -0.115. The third-order valence-electron chi connectivity index (χ3n) is 3.96. The number of alkyl halides is 3. The van der Waals surface area contributed by atoms with E-state index in [-0.39, 0.29) is 18.4 Å². The maximum atomic E-state index is 12.4. The average Bonchev–Trinajstić information content (AvgIpc) is 2.56. The molecule has 0 unspecified atom stereocenters. The van der Waals surface area contributed by atoms with Gasteiger partial charge in [-0.3, -0.25) is 4.79 Å². The van der Waals surface area contributed by atoms with E-state index in [9.17, 15) is 22.8 Å². The molecule has 2 fully saturated rings. The predicted molar refractivity (Wildman–Crippen MR) is 54.6 cm³/mol. The van der Waals surface area contributed by atoms with Crippen LogP contribution in [-0.2, 0) is 9.59 Å². The van der Waals surface area contributed by atoms with Crippen LogP contribution in [0.2, 0.25) is 0 Å². The number of carbonyl (C=O) groups excluding carboxylic acids is 1. The Morgan fingerprint density at radius 3 is 2.17 bits per heavy atom. The fourth-order valence-corrected chi connectivity index (χ4v) is 2.88. The maximum Gasteiger partial charge on any atom is 0.471 e. The van der Waals surface area contributed by atoms with Crippen LogP contribution in [0, 0.1) is 11.8 Å². The summed E-state index contributed by atoms with van der Waals surface area (Å²) in [7, 11) is 0. The number of rotatable bonds is 2. The Balaban J connectivity index is 2.16. The standard InChI is InChI=1S/C11H14F3NO3/c12-11(13,14)10(18)15-5-4-7(6-2-1-3-6)8(15)9(16)17/h6-8H,1-5H2,(H,16,17)/t7-,8-/m0/s1. The van der Waals surface area contributed by atoms with Crippen LogP contribution < -0.4 is 0 Å². The largest absolute Gasteiger partial charge is 0.480 e. The van der Waals surface area contributed by atoms with Gasteiger partial charge in [0, 0.05) is 6.54 Å². The number of halogens is 3. The molecule has 0 aromatic rings. The van der Waals surface area contributed by atoms with Gasteiger partial charge in [-0.2, -0.15) is 13.2 Å². The van der Waals surface area contributed by atoms with E-state index < -0.39 is 24.1 Å². The lowest BCUT2D eigenvalue weighted by molar-refractivity contribution is -0.188. The van der Waals surface area contributed by atoms with Crippen molar-refractivity contribution in [2.24, 2.45) is 11.8 Å². The van der Waals surface area contributed by atoms with Crippen molar-refractivity contribution in [3.8, 4) is 0 Å². The summed E-state index contributed by atoms with van der Waals surface area (Å²) in [5, 5.41) is 9.08. The normalized spacial score (nSPS) is 29.2.